The minimum absolute atomic E-state index is 0.0192. The summed E-state index contributed by atoms with van der Waals surface area (Å²) < 4.78 is 21.1. The monoisotopic (exact) mass is 425 g/mol. The van der Waals surface area contributed by atoms with E-state index >= 15 is 0 Å². The highest BCUT2D eigenvalue weighted by molar-refractivity contribution is 5.32. The molecular weight excluding hydrogens is 394 g/mol. The van der Waals surface area contributed by atoms with E-state index < -0.39 is 0 Å². The number of rotatable bonds is 9. The van der Waals surface area contributed by atoms with Crippen LogP contribution in [-0.2, 0) is 31.3 Å². The van der Waals surface area contributed by atoms with Gasteiger partial charge in [-0.05, 0) is 25.1 Å². The summed E-state index contributed by atoms with van der Waals surface area (Å²) in [5.41, 5.74) is 3.34. The number of ether oxygens (including phenoxy) is 3. The number of benzene rings is 1. The van der Waals surface area contributed by atoms with Crippen LogP contribution in [0.2, 0.25) is 0 Å². The maximum Gasteiger partial charge on any atom is 0.123 e. The lowest BCUT2D eigenvalue weighted by Crippen LogP contribution is -2.37. The third kappa shape index (κ3) is 5.45. The lowest BCUT2D eigenvalue weighted by molar-refractivity contribution is -0.0352. The number of hydrogen-bond acceptors (Lipinski definition) is 6. The van der Waals surface area contributed by atoms with Crippen LogP contribution in [0.1, 0.15) is 30.0 Å². The van der Waals surface area contributed by atoms with E-state index in [0.717, 1.165) is 55.5 Å². The predicted molar refractivity (Wildman–Crippen MR) is 117 cm³/mol. The minimum Gasteiger partial charge on any atom is -0.497 e. The third-order valence-corrected chi connectivity index (χ3v) is 5.56. The fourth-order valence-corrected chi connectivity index (χ4v) is 3.83. The summed E-state index contributed by atoms with van der Waals surface area (Å²) in [6.07, 6.45) is 4.82. The van der Waals surface area contributed by atoms with Crippen LogP contribution in [0.5, 0.6) is 11.5 Å². The summed E-state index contributed by atoms with van der Waals surface area (Å²) in [6, 6.07) is 9.80. The Balaban J connectivity index is 1.32. The Morgan fingerprint density at radius 2 is 2.10 bits per heavy atom. The second-order valence-corrected chi connectivity index (χ2v) is 7.76. The Hall–Kier alpha value is -2.84. The molecule has 0 N–H and O–H groups in total. The SMILES string of the molecule is CCn1cc(CN2CCO[C@@H](c3cc(CCOc4cccc(OC)c4)n(C)n3)C2)cn1. The van der Waals surface area contributed by atoms with Gasteiger partial charge in [0, 0.05) is 63.2 Å². The molecule has 1 saturated heterocycles. The summed E-state index contributed by atoms with van der Waals surface area (Å²) in [5, 5.41) is 9.10. The number of methoxy groups -OCH3 is 1. The number of hydrogen-bond donors (Lipinski definition) is 0. The Morgan fingerprint density at radius 1 is 1.23 bits per heavy atom. The van der Waals surface area contributed by atoms with E-state index in [0.29, 0.717) is 13.2 Å². The molecule has 166 valence electrons. The van der Waals surface area contributed by atoms with Gasteiger partial charge in [-0.1, -0.05) is 6.07 Å². The van der Waals surface area contributed by atoms with Crippen molar-refractivity contribution in [2.75, 3.05) is 33.4 Å². The van der Waals surface area contributed by atoms with Crippen molar-refractivity contribution in [3.8, 4) is 11.5 Å². The van der Waals surface area contributed by atoms with Crippen molar-refractivity contribution in [1.29, 1.82) is 0 Å². The van der Waals surface area contributed by atoms with E-state index in [1.165, 1.54) is 5.56 Å². The van der Waals surface area contributed by atoms with Crippen molar-refractivity contribution in [2.45, 2.75) is 32.5 Å². The fourth-order valence-electron chi connectivity index (χ4n) is 3.83. The molecule has 1 atom stereocenters. The number of morpholine rings is 1. The molecule has 1 aliphatic rings. The first-order valence-corrected chi connectivity index (χ1v) is 10.8. The molecule has 0 aliphatic carbocycles. The molecule has 0 radical (unpaired) electrons. The van der Waals surface area contributed by atoms with Gasteiger partial charge in [0.1, 0.15) is 17.6 Å². The highest BCUT2D eigenvalue weighted by atomic mass is 16.5. The Bertz CT molecular complexity index is 983. The zero-order valence-electron chi connectivity index (χ0n) is 18.5. The highest BCUT2D eigenvalue weighted by Crippen LogP contribution is 2.24. The molecule has 0 unspecified atom stereocenters. The molecule has 0 bridgehead atoms. The van der Waals surface area contributed by atoms with E-state index in [9.17, 15) is 0 Å². The molecule has 8 nitrogen and oxygen atoms in total. The van der Waals surface area contributed by atoms with Crippen molar-refractivity contribution in [3.63, 3.8) is 0 Å². The summed E-state index contributed by atoms with van der Waals surface area (Å²) in [6.45, 7) is 6.90. The molecule has 0 amide bonds. The number of aryl methyl sites for hydroxylation is 2. The lowest BCUT2D eigenvalue weighted by Gasteiger charge is -2.31. The predicted octanol–water partition coefficient (Wildman–Crippen LogP) is 2.84. The van der Waals surface area contributed by atoms with Crippen LogP contribution in [-0.4, -0.2) is 57.9 Å². The van der Waals surface area contributed by atoms with Gasteiger partial charge in [-0.25, -0.2) is 0 Å². The van der Waals surface area contributed by atoms with Gasteiger partial charge in [0.25, 0.3) is 0 Å². The van der Waals surface area contributed by atoms with Crippen LogP contribution in [0.15, 0.2) is 42.7 Å². The Kier molecular flexibility index (Phi) is 6.89. The van der Waals surface area contributed by atoms with Crippen LogP contribution in [0.4, 0.5) is 0 Å². The highest BCUT2D eigenvalue weighted by Gasteiger charge is 2.25. The zero-order chi connectivity index (χ0) is 21.6. The first kappa shape index (κ1) is 21.4. The summed E-state index contributed by atoms with van der Waals surface area (Å²) in [5.74, 6) is 1.60. The van der Waals surface area contributed by atoms with Gasteiger partial charge in [0.05, 0.1) is 32.2 Å². The van der Waals surface area contributed by atoms with Crippen LogP contribution in [0.3, 0.4) is 0 Å². The van der Waals surface area contributed by atoms with Crippen molar-refractivity contribution in [2.24, 2.45) is 7.05 Å². The molecule has 0 spiro atoms. The maximum absolute atomic E-state index is 6.04. The number of aromatic nitrogens is 4. The summed E-state index contributed by atoms with van der Waals surface area (Å²) in [7, 11) is 3.63. The van der Waals surface area contributed by atoms with E-state index in [2.05, 4.69) is 29.2 Å². The zero-order valence-corrected chi connectivity index (χ0v) is 18.5. The first-order valence-electron chi connectivity index (χ1n) is 10.8. The van der Waals surface area contributed by atoms with Crippen LogP contribution in [0.25, 0.3) is 0 Å². The Labute approximate surface area is 183 Å². The van der Waals surface area contributed by atoms with Gasteiger partial charge in [0.2, 0.25) is 0 Å². The average molecular weight is 426 g/mol. The molecule has 0 saturated carbocycles. The summed E-state index contributed by atoms with van der Waals surface area (Å²) >= 11 is 0. The van der Waals surface area contributed by atoms with E-state index in [1.807, 2.05) is 46.9 Å². The third-order valence-electron chi connectivity index (χ3n) is 5.56. The molecule has 3 heterocycles. The molecule has 2 aromatic heterocycles. The second-order valence-electron chi connectivity index (χ2n) is 7.76. The maximum atomic E-state index is 6.04. The van der Waals surface area contributed by atoms with E-state index in [1.54, 1.807) is 7.11 Å². The van der Waals surface area contributed by atoms with Crippen molar-refractivity contribution in [1.82, 2.24) is 24.5 Å². The standard InChI is InChI=1S/C23H31N5O3/c1-4-28-16-18(14-24-28)15-27-9-11-31-23(17-27)22-12-19(26(2)25-22)8-10-30-21-7-5-6-20(13-21)29-3/h5-7,12-14,16,23H,4,8-11,15,17H2,1-3H3/t23-/m1/s1. The average Bonchev–Trinajstić information content (AvgIpc) is 3.40. The van der Waals surface area contributed by atoms with Gasteiger partial charge in [-0.2, -0.15) is 10.2 Å². The van der Waals surface area contributed by atoms with Gasteiger partial charge < -0.3 is 14.2 Å². The normalized spacial score (nSPS) is 17.1. The molecule has 1 aromatic carbocycles. The van der Waals surface area contributed by atoms with Gasteiger partial charge >= 0.3 is 0 Å². The van der Waals surface area contributed by atoms with E-state index in [4.69, 9.17) is 19.3 Å². The van der Waals surface area contributed by atoms with Crippen LogP contribution >= 0.6 is 0 Å². The minimum atomic E-state index is -0.0192. The molecule has 3 aromatic rings. The van der Waals surface area contributed by atoms with Gasteiger partial charge in [-0.15, -0.1) is 0 Å². The molecule has 31 heavy (non-hydrogen) atoms. The molecular formula is C23H31N5O3. The first-order chi connectivity index (χ1) is 15.1. The van der Waals surface area contributed by atoms with Gasteiger partial charge in [-0.3, -0.25) is 14.3 Å². The molecule has 4 rings (SSSR count). The van der Waals surface area contributed by atoms with E-state index in [-0.39, 0.29) is 6.10 Å². The largest absolute Gasteiger partial charge is 0.497 e. The van der Waals surface area contributed by atoms with Crippen molar-refractivity contribution < 1.29 is 14.2 Å². The van der Waals surface area contributed by atoms with Crippen molar-refractivity contribution >= 4 is 0 Å². The summed E-state index contributed by atoms with van der Waals surface area (Å²) in [4.78, 5) is 2.41. The number of nitrogens with zero attached hydrogens (tertiary/aromatic N) is 5. The molecule has 1 aliphatic heterocycles. The smallest absolute Gasteiger partial charge is 0.123 e. The van der Waals surface area contributed by atoms with Crippen LogP contribution in [0, 0.1) is 0 Å². The Morgan fingerprint density at radius 3 is 2.90 bits per heavy atom. The second kappa shape index (κ2) is 9.98. The topological polar surface area (TPSA) is 66.6 Å². The van der Waals surface area contributed by atoms with Crippen LogP contribution < -0.4 is 9.47 Å². The molecule has 8 heteroatoms. The lowest BCUT2D eigenvalue weighted by atomic mass is 10.1. The van der Waals surface area contributed by atoms with Crippen molar-refractivity contribution in [3.05, 3.63) is 59.7 Å². The van der Waals surface area contributed by atoms with Gasteiger partial charge in [0.15, 0.2) is 0 Å². The fraction of sp³-hybridized carbons (Fsp3) is 0.478. The molecule has 1 fully saturated rings. The quantitative estimate of drug-likeness (QED) is 0.525.